The molecule has 4 heterocycles. The van der Waals surface area contributed by atoms with Crippen molar-refractivity contribution < 1.29 is 19.1 Å². The summed E-state index contributed by atoms with van der Waals surface area (Å²) in [6.07, 6.45) is 5.67. The number of likely N-dealkylation sites (tertiary alicyclic amines) is 1. The first-order valence-corrected chi connectivity index (χ1v) is 17.5. The maximum atomic E-state index is 13.5. The number of rotatable bonds is 9. The van der Waals surface area contributed by atoms with Crippen LogP contribution in [0.5, 0.6) is 5.88 Å². The second-order valence-electron chi connectivity index (χ2n) is 14.0. The summed E-state index contributed by atoms with van der Waals surface area (Å²) in [5, 5.41) is 6.16. The number of carbonyl (C=O) groups excluding carboxylic acids is 2. The molecule has 2 aliphatic heterocycles. The molecule has 2 saturated heterocycles. The number of anilines is 1. The van der Waals surface area contributed by atoms with Crippen LogP contribution >= 0.6 is 0 Å². The zero-order valence-corrected chi connectivity index (χ0v) is 29.8. The van der Waals surface area contributed by atoms with Crippen molar-refractivity contribution in [3.63, 3.8) is 0 Å². The molecule has 0 unspecified atom stereocenters. The average molecular weight is 693 g/mol. The first-order chi connectivity index (χ1) is 24.5. The maximum Gasteiger partial charge on any atom is 0.330 e. The summed E-state index contributed by atoms with van der Waals surface area (Å²) in [6.45, 7) is 6.27. The Morgan fingerprint density at radius 1 is 1.02 bits per heavy atom. The summed E-state index contributed by atoms with van der Waals surface area (Å²) in [5.74, 6) is 0.201. The molecule has 4 aromatic rings. The summed E-state index contributed by atoms with van der Waals surface area (Å²) < 4.78 is 13.3. The van der Waals surface area contributed by atoms with Crippen LogP contribution in [0, 0.1) is 13.8 Å². The second-order valence-corrected chi connectivity index (χ2v) is 14.0. The van der Waals surface area contributed by atoms with Gasteiger partial charge in [0.1, 0.15) is 5.56 Å². The molecule has 51 heavy (non-hydrogen) atoms. The van der Waals surface area contributed by atoms with Gasteiger partial charge < -0.3 is 20.1 Å². The number of methoxy groups -OCH3 is 2. The Bertz CT molecular complexity index is 2170. The molecular formula is C39H44N6O6. The molecule has 1 aliphatic carbocycles. The van der Waals surface area contributed by atoms with Gasteiger partial charge in [-0.2, -0.15) is 0 Å². The van der Waals surface area contributed by atoms with E-state index in [2.05, 4.69) is 40.7 Å². The van der Waals surface area contributed by atoms with Crippen molar-refractivity contribution in [3.05, 3.63) is 97.3 Å². The van der Waals surface area contributed by atoms with Crippen molar-refractivity contribution >= 4 is 17.5 Å². The number of aromatic nitrogens is 3. The number of carbonyl (C=O) groups is 2. The number of nitrogens with zero attached hydrogens (tertiary/aromatic N) is 4. The van der Waals surface area contributed by atoms with Crippen molar-refractivity contribution in [2.45, 2.75) is 64.1 Å². The lowest BCUT2D eigenvalue weighted by atomic mass is 9.91. The van der Waals surface area contributed by atoms with Gasteiger partial charge in [-0.1, -0.05) is 30.3 Å². The van der Waals surface area contributed by atoms with Crippen molar-refractivity contribution in [2.75, 3.05) is 39.2 Å². The van der Waals surface area contributed by atoms with E-state index in [1.54, 1.807) is 13.2 Å². The third kappa shape index (κ3) is 6.16. The second kappa shape index (κ2) is 13.6. The summed E-state index contributed by atoms with van der Waals surface area (Å²) in [7, 11) is 4.56. The van der Waals surface area contributed by atoms with E-state index in [0.717, 1.165) is 82.4 Å². The van der Waals surface area contributed by atoms with Crippen LogP contribution in [0.1, 0.15) is 64.3 Å². The van der Waals surface area contributed by atoms with Crippen LogP contribution in [0.3, 0.4) is 0 Å². The minimum absolute atomic E-state index is 0.108. The molecule has 266 valence electrons. The Kier molecular flexibility index (Phi) is 9.15. The highest BCUT2D eigenvalue weighted by Gasteiger charge is 2.46. The highest BCUT2D eigenvalue weighted by atomic mass is 16.5. The van der Waals surface area contributed by atoms with Gasteiger partial charge in [-0.25, -0.2) is 9.78 Å². The van der Waals surface area contributed by atoms with Crippen LogP contribution in [-0.2, 0) is 29.5 Å². The van der Waals surface area contributed by atoms with Crippen molar-refractivity contribution in [1.82, 2.24) is 24.3 Å². The van der Waals surface area contributed by atoms with Crippen molar-refractivity contribution in [2.24, 2.45) is 7.05 Å². The average Bonchev–Trinajstić information content (AvgIpc) is 3.85. The number of nitrogens with one attached hydrogen (secondary N) is 2. The lowest BCUT2D eigenvalue weighted by Gasteiger charge is -2.28. The number of benzene rings is 2. The summed E-state index contributed by atoms with van der Waals surface area (Å²) >= 11 is 0. The molecule has 2 amide bonds. The first-order valence-electron chi connectivity index (χ1n) is 17.5. The van der Waals surface area contributed by atoms with Crippen LogP contribution in [-0.4, -0.2) is 70.3 Å². The number of ether oxygens (including phenoxy) is 2. The van der Waals surface area contributed by atoms with Gasteiger partial charge in [-0.3, -0.25) is 28.4 Å². The van der Waals surface area contributed by atoms with Gasteiger partial charge in [0.2, 0.25) is 11.8 Å². The van der Waals surface area contributed by atoms with E-state index < -0.39 is 17.2 Å². The zero-order valence-electron chi connectivity index (χ0n) is 29.8. The third-order valence-corrected chi connectivity index (χ3v) is 11.0. The number of pyridine rings is 1. The zero-order chi connectivity index (χ0) is 36.0. The maximum absolute atomic E-state index is 13.5. The molecule has 0 radical (unpaired) electrons. The quantitative estimate of drug-likeness (QED) is 0.267. The number of hydrogen-bond acceptors (Lipinski definition) is 8. The smallest absolute Gasteiger partial charge is 0.330 e. The van der Waals surface area contributed by atoms with E-state index >= 15 is 0 Å². The molecule has 1 spiro atoms. The van der Waals surface area contributed by atoms with Crippen LogP contribution in [0.2, 0.25) is 0 Å². The number of hydrogen-bond donors (Lipinski definition) is 2. The van der Waals surface area contributed by atoms with Gasteiger partial charge in [0.15, 0.2) is 0 Å². The van der Waals surface area contributed by atoms with Crippen LogP contribution in [0.15, 0.2) is 58.3 Å². The van der Waals surface area contributed by atoms with E-state index in [1.165, 1.54) is 30.5 Å². The number of fused-ring (bicyclic) bond motifs is 1. The molecule has 2 aromatic heterocycles. The third-order valence-electron chi connectivity index (χ3n) is 11.0. The standard InChI is InChI=1S/C39H44N6O6/c1-23-26(27-9-7-11-30(24(27)2)40-35(47)29-21-44(18-19-50-4)38(49)43(3)37(29)48)8-6-10-28(23)31-20-25-12-13-32(34(25)36(41-31)51-5)45-17-16-39(22-45)15-14-33(46)42-39/h6-11,20-21,32H,12-19,22H2,1-5H3,(H,40,47)(H,42,46)/t32-,39-/m0/s1. The highest BCUT2D eigenvalue weighted by molar-refractivity contribution is 6.04. The molecule has 7 rings (SSSR count). The van der Waals surface area contributed by atoms with Crippen LogP contribution in [0.25, 0.3) is 22.4 Å². The van der Waals surface area contributed by atoms with Gasteiger partial charge in [0.05, 0.1) is 31.5 Å². The van der Waals surface area contributed by atoms with Gasteiger partial charge in [0.25, 0.3) is 11.5 Å². The minimum atomic E-state index is -0.668. The molecule has 3 aliphatic rings. The number of amides is 2. The van der Waals surface area contributed by atoms with E-state index in [4.69, 9.17) is 14.5 Å². The topological polar surface area (TPSA) is 137 Å². The molecule has 0 bridgehead atoms. The molecule has 2 aromatic carbocycles. The molecule has 2 fully saturated rings. The molecule has 2 N–H and O–H groups in total. The van der Waals surface area contributed by atoms with Crippen LogP contribution < -0.4 is 26.6 Å². The van der Waals surface area contributed by atoms with E-state index in [1.807, 2.05) is 25.1 Å². The van der Waals surface area contributed by atoms with E-state index in [-0.39, 0.29) is 36.2 Å². The Morgan fingerprint density at radius 3 is 2.49 bits per heavy atom. The van der Waals surface area contributed by atoms with E-state index in [9.17, 15) is 19.2 Å². The van der Waals surface area contributed by atoms with Crippen molar-refractivity contribution in [1.29, 1.82) is 0 Å². The Balaban J connectivity index is 1.17. The predicted octanol–water partition coefficient (Wildman–Crippen LogP) is 4.14. The Hall–Kier alpha value is -5.07. The lowest BCUT2D eigenvalue weighted by molar-refractivity contribution is -0.119. The summed E-state index contributed by atoms with van der Waals surface area (Å²) in [5.41, 5.74) is 7.14. The SMILES string of the molecule is COCCn1cc(C(=O)Nc2cccc(-c3cccc(-c4cc5c(c(OC)n4)[C@@H](N4CC[C@@]6(CCC(=O)N6)C4)CC5)c3C)c2C)c(=O)n(C)c1=O. The lowest BCUT2D eigenvalue weighted by Crippen LogP contribution is -2.44. The van der Waals surface area contributed by atoms with Gasteiger partial charge in [-0.15, -0.1) is 0 Å². The number of aryl methyl sites for hydroxylation is 1. The first kappa shape index (κ1) is 34.4. The molecule has 2 atom stereocenters. The molecular weight excluding hydrogens is 648 g/mol. The monoisotopic (exact) mass is 692 g/mol. The van der Waals surface area contributed by atoms with Gasteiger partial charge in [-0.05, 0) is 79.5 Å². The van der Waals surface area contributed by atoms with Gasteiger partial charge in [0, 0.05) is 62.7 Å². The fourth-order valence-corrected chi connectivity index (χ4v) is 8.18. The predicted molar refractivity (Wildman–Crippen MR) is 194 cm³/mol. The Labute approximate surface area is 296 Å². The van der Waals surface area contributed by atoms with Crippen LogP contribution in [0.4, 0.5) is 5.69 Å². The summed E-state index contributed by atoms with van der Waals surface area (Å²) in [6, 6.07) is 14.2. The summed E-state index contributed by atoms with van der Waals surface area (Å²) in [4.78, 5) is 58.6. The normalized spacial score (nSPS) is 19.8. The van der Waals surface area contributed by atoms with Gasteiger partial charge >= 0.3 is 5.69 Å². The fourth-order valence-electron chi connectivity index (χ4n) is 8.18. The molecule has 0 saturated carbocycles. The fraction of sp³-hybridized carbons (Fsp3) is 0.410. The van der Waals surface area contributed by atoms with Crippen molar-refractivity contribution in [3.8, 4) is 28.3 Å². The minimum Gasteiger partial charge on any atom is -0.481 e. The Morgan fingerprint density at radius 2 is 1.76 bits per heavy atom. The largest absolute Gasteiger partial charge is 0.481 e. The highest BCUT2D eigenvalue weighted by Crippen LogP contribution is 2.46. The molecule has 12 heteroatoms. The molecule has 12 nitrogen and oxygen atoms in total. The van der Waals surface area contributed by atoms with E-state index in [0.29, 0.717) is 18.0 Å².